The van der Waals surface area contributed by atoms with Crippen molar-refractivity contribution in [2.75, 3.05) is 31.5 Å². The number of ether oxygens (including phenoxy) is 3. The van der Waals surface area contributed by atoms with E-state index in [2.05, 4.69) is 20.9 Å². The largest absolute Gasteiger partial charge is 0.494 e. The van der Waals surface area contributed by atoms with Crippen LogP contribution in [-0.2, 0) is 9.59 Å². The molecular weight excluding hydrogens is 733 g/mol. The number of rotatable bonds is 15. The molecule has 6 aromatic rings. The number of hydrogen-bond acceptors (Lipinski definition) is 9. The minimum atomic E-state index is -0.594. The summed E-state index contributed by atoms with van der Waals surface area (Å²) in [5, 5.41) is 10.4. The highest BCUT2D eigenvalue weighted by atomic mass is 32.2. The number of thiazole rings is 1. The highest BCUT2D eigenvalue weighted by molar-refractivity contribution is 8.00. The van der Waals surface area contributed by atoms with Crippen molar-refractivity contribution in [3.05, 3.63) is 155 Å². The Hall–Kier alpha value is -6.37. The van der Waals surface area contributed by atoms with Gasteiger partial charge in [0.2, 0.25) is 5.91 Å². The molecule has 1 atom stereocenters. The Kier molecular flexibility index (Phi) is 13.0. The summed E-state index contributed by atoms with van der Waals surface area (Å²) in [7, 11) is 3.06. The Bertz CT molecular complexity index is 2260. The van der Waals surface area contributed by atoms with Crippen molar-refractivity contribution >= 4 is 57.7 Å². The lowest BCUT2D eigenvalue weighted by molar-refractivity contribution is -0.116. The van der Waals surface area contributed by atoms with Crippen LogP contribution in [-0.4, -0.2) is 43.5 Å². The van der Waals surface area contributed by atoms with Crippen LogP contribution in [0, 0.1) is 0 Å². The SMILES string of the molecule is CCOc1ccc(-c2csc(NC(=O)C(Sc3ccc(NC(=O)/C(=C/c4ccc(OC)c(OC)c4)NC(=O)c4ccccc4)cc3)c3ccccc3)n2)cc1. The maximum absolute atomic E-state index is 13.8. The Morgan fingerprint density at radius 2 is 1.49 bits per heavy atom. The fourth-order valence-corrected chi connectivity index (χ4v) is 7.17. The molecule has 0 bridgehead atoms. The number of hydrogen-bond donors (Lipinski definition) is 3. The van der Waals surface area contributed by atoms with E-state index in [0.717, 1.165) is 27.5 Å². The molecule has 0 radical (unpaired) electrons. The molecule has 1 heterocycles. The number of carbonyl (C=O) groups is 3. The molecule has 3 N–H and O–H groups in total. The summed E-state index contributed by atoms with van der Waals surface area (Å²) in [5.74, 6) is 0.592. The van der Waals surface area contributed by atoms with E-state index in [1.54, 1.807) is 60.7 Å². The predicted molar refractivity (Wildman–Crippen MR) is 219 cm³/mol. The van der Waals surface area contributed by atoms with Gasteiger partial charge in [0.1, 0.15) is 16.7 Å². The maximum Gasteiger partial charge on any atom is 0.272 e. The third kappa shape index (κ3) is 10.2. The van der Waals surface area contributed by atoms with Crippen molar-refractivity contribution in [3.8, 4) is 28.5 Å². The second-order valence-corrected chi connectivity index (χ2v) is 13.9. The Balaban J connectivity index is 1.17. The molecule has 1 unspecified atom stereocenters. The number of nitrogens with zero attached hydrogens (tertiary/aromatic N) is 1. The van der Waals surface area contributed by atoms with E-state index in [4.69, 9.17) is 14.2 Å². The Morgan fingerprint density at radius 3 is 2.16 bits per heavy atom. The van der Waals surface area contributed by atoms with E-state index in [1.807, 2.05) is 85.1 Å². The van der Waals surface area contributed by atoms with E-state index >= 15 is 0 Å². The number of nitrogens with one attached hydrogen (secondary N) is 3. The van der Waals surface area contributed by atoms with Crippen LogP contribution < -0.4 is 30.2 Å². The average molecular weight is 771 g/mol. The van der Waals surface area contributed by atoms with Gasteiger partial charge in [-0.15, -0.1) is 23.1 Å². The molecule has 0 saturated heterocycles. The van der Waals surface area contributed by atoms with Gasteiger partial charge in [-0.1, -0.05) is 54.6 Å². The molecule has 0 aliphatic rings. The minimum Gasteiger partial charge on any atom is -0.494 e. The summed E-state index contributed by atoms with van der Waals surface area (Å²) >= 11 is 2.73. The van der Waals surface area contributed by atoms with Crippen molar-refractivity contribution in [1.82, 2.24) is 10.3 Å². The lowest BCUT2D eigenvalue weighted by Gasteiger charge is -2.17. The highest BCUT2D eigenvalue weighted by Gasteiger charge is 2.24. The van der Waals surface area contributed by atoms with Gasteiger partial charge < -0.3 is 30.2 Å². The van der Waals surface area contributed by atoms with Crippen LogP contribution in [0.5, 0.6) is 17.2 Å². The summed E-state index contributed by atoms with van der Waals surface area (Å²) in [6.07, 6.45) is 1.56. The highest BCUT2D eigenvalue weighted by Crippen LogP contribution is 2.37. The molecule has 55 heavy (non-hydrogen) atoms. The lowest BCUT2D eigenvalue weighted by atomic mass is 10.1. The quantitative estimate of drug-likeness (QED) is 0.0697. The van der Waals surface area contributed by atoms with Gasteiger partial charge in [-0.3, -0.25) is 14.4 Å². The molecule has 0 fully saturated rings. The Morgan fingerprint density at radius 1 is 0.800 bits per heavy atom. The van der Waals surface area contributed by atoms with E-state index < -0.39 is 17.1 Å². The van der Waals surface area contributed by atoms with Crippen LogP contribution in [0.1, 0.15) is 33.7 Å². The summed E-state index contributed by atoms with van der Waals surface area (Å²) in [4.78, 5) is 46.1. The molecule has 0 aliphatic carbocycles. The number of anilines is 2. The minimum absolute atomic E-state index is 0.0215. The van der Waals surface area contributed by atoms with E-state index in [1.165, 1.54) is 37.3 Å². The van der Waals surface area contributed by atoms with Crippen molar-refractivity contribution < 1.29 is 28.6 Å². The van der Waals surface area contributed by atoms with E-state index in [9.17, 15) is 14.4 Å². The van der Waals surface area contributed by atoms with Gasteiger partial charge in [-0.05, 0) is 96.9 Å². The molecule has 12 heteroatoms. The normalized spacial score (nSPS) is 11.6. The third-order valence-corrected chi connectivity index (χ3v) is 10.2. The summed E-state index contributed by atoms with van der Waals surface area (Å²) < 4.78 is 16.3. The fraction of sp³-hybridized carbons (Fsp3) is 0.116. The maximum atomic E-state index is 13.8. The first kappa shape index (κ1) is 38.4. The number of aromatic nitrogens is 1. The molecule has 3 amide bonds. The van der Waals surface area contributed by atoms with Crippen LogP contribution in [0.15, 0.2) is 143 Å². The predicted octanol–water partition coefficient (Wildman–Crippen LogP) is 9.11. The van der Waals surface area contributed by atoms with Gasteiger partial charge >= 0.3 is 0 Å². The molecule has 1 aromatic heterocycles. The van der Waals surface area contributed by atoms with Crippen molar-refractivity contribution in [3.63, 3.8) is 0 Å². The van der Waals surface area contributed by atoms with E-state index in [0.29, 0.717) is 40.1 Å². The lowest BCUT2D eigenvalue weighted by Crippen LogP contribution is -2.30. The first-order valence-electron chi connectivity index (χ1n) is 17.3. The standard InChI is InChI=1S/C43H38N4O6S2/c1-4-53-33-20-16-29(17-21-33)36-27-54-43(46-36)47-42(50)39(30-11-7-5-8-12-30)55-34-22-18-32(19-23-34)44-41(49)35(45-40(48)31-13-9-6-10-14-31)25-28-15-24-37(51-2)38(26-28)52-3/h5-27,39H,4H2,1-3H3,(H,44,49)(H,45,48)(H,46,47,50)/b35-25-. The topological polar surface area (TPSA) is 128 Å². The van der Waals surface area contributed by atoms with Gasteiger partial charge in [0, 0.05) is 27.1 Å². The zero-order valence-corrected chi connectivity index (χ0v) is 31.9. The smallest absolute Gasteiger partial charge is 0.272 e. The number of benzene rings is 5. The zero-order valence-electron chi connectivity index (χ0n) is 30.3. The number of methoxy groups -OCH3 is 2. The van der Waals surface area contributed by atoms with Crippen LogP contribution >= 0.6 is 23.1 Å². The van der Waals surface area contributed by atoms with Crippen LogP contribution in [0.2, 0.25) is 0 Å². The van der Waals surface area contributed by atoms with Gasteiger partial charge in [0.05, 0.1) is 26.5 Å². The van der Waals surface area contributed by atoms with Crippen LogP contribution in [0.25, 0.3) is 17.3 Å². The molecule has 5 aromatic carbocycles. The molecule has 0 aliphatic heterocycles. The number of thioether (sulfide) groups is 1. The molecule has 278 valence electrons. The molecule has 6 rings (SSSR count). The zero-order chi connectivity index (χ0) is 38.6. The van der Waals surface area contributed by atoms with Gasteiger partial charge in [0.15, 0.2) is 16.6 Å². The number of amides is 3. The van der Waals surface area contributed by atoms with Gasteiger partial charge in [0.25, 0.3) is 11.8 Å². The third-order valence-electron chi connectivity index (χ3n) is 8.15. The average Bonchev–Trinajstić information content (AvgIpc) is 3.69. The summed E-state index contributed by atoms with van der Waals surface area (Å²) in [5.41, 5.74) is 4.02. The summed E-state index contributed by atoms with van der Waals surface area (Å²) in [6, 6.07) is 38.2. The van der Waals surface area contributed by atoms with Crippen molar-refractivity contribution in [2.24, 2.45) is 0 Å². The van der Waals surface area contributed by atoms with Gasteiger partial charge in [-0.25, -0.2) is 4.98 Å². The molecule has 0 saturated carbocycles. The second kappa shape index (κ2) is 18.6. The second-order valence-electron chi connectivity index (χ2n) is 11.9. The fourth-order valence-electron chi connectivity index (χ4n) is 5.43. The molecular formula is C43H38N4O6S2. The van der Waals surface area contributed by atoms with Crippen LogP contribution in [0.4, 0.5) is 10.8 Å². The molecule has 10 nitrogen and oxygen atoms in total. The summed E-state index contributed by atoms with van der Waals surface area (Å²) in [6.45, 7) is 2.53. The first-order valence-corrected chi connectivity index (χ1v) is 19.0. The van der Waals surface area contributed by atoms with Crippen LogP contribution in [0.3, 0.4) is 0 Å². The number of carbonyl (C=O) groups excluding carboxylic acids is 3. The first-order chi connectivity index (χ1) is 26.8. The molecule has 0 spiro atoms. The van der Waals surface area contributed by atoms with Crippen molar-refractivity contribution in [1.29, 1.82) is 0 Å². The monoisotopic (exact) mass is 770 g/mol. The van der Waals surface area contributed by atoms with Crippen molar-refractivity contribution in [2.45, 2.75) is 17.1 Å². The van der Waals surface area contributed by atoms with Gasteiger partial charge in [-0.2, -0.15) is 0 Å². The van der Waals surface area contributed by atoms with E-state index in [-0.39, 0.29) is 11.6 Å². The Labute approximate surface area is 327 Å².